The number of rotatable bonds is 3. The second-order valence-corrected chi connectivity index (χ2v) is 4.78. The van der Waals surface area contributed by atoms with Gasteiger partial charge in [0.05, 0.1) is 0 Å². The van der Waals surface area contributed by atoms with E-state index < -0.39 is 0 Å². The van der Waals surface area contributed by atoms with Gasteiger partial charge >= 0.3 is 0 Å². The Morgan fingerprint density at radius 3 is 2.75 bits per heavy atom. The summed E-state index contributed by atoms with van der Waals surface area (Å²) in [6.45, 7) is 2.76. The minimum absolute atomic E-state index is 0.168. The molecule has 0 atom stereocenters. The molecule has 1 nitrogen and oxygen atoms in total. The summed E-state index contributed by atoms with van der Waals surface area (Å²) in [6, 6.07) is 7.25. The molecule has 0 radical (unpaired) electrons. The van der Waals surface area contributed by atoms with Crippen molar-refractivity contribution in [1.29, 1.82) is 0 Å². The topological polar surface area (TPSA) is 12.0 Å². The van der Waals surface area contributed by atoms with Gasteiger partial charge in [-0.25, -0.2) is 4.39 Å². The Labute approximate surface area is 98.9 Å². The molecular weight excluding hydrogens is 221 g/mol. The standard InChI is InChI=1S/C13H14FNS/c1-9-3-11(6-12(14)4-9)13-5-10(7-15-2)8-16-13/h3-6,8,15H,7H2,1-2H3. The van der Waals surface area contributed by atoms with Crippen molar-refractivity contribution in [3.63, 3.8) is 0 Å². The Morgan fingerprint density at radius 2 is 2.06 bits per heavy atom. The normalized spacial score (nSPS) is 10.7. The first kappa shape index (κ1) is 11.3. The zero-order valence-corrected chi connectivity index (χ0v) is 10.2. The maximum Gasteiger partial charge on any atom is 0.124 e. The van der Waals surface area contributed by atoms with Gasteiger partial charge in [-0.15, -0.1) is 11.3 Å². The van der Waals surface area contributed by atoms with Gasteiger partial charge in [0.15, 0.2) is 0 Å². The number of hydrogen-bond donors (Lipinski definition) is 1. The molecule has 0 unspecified atom stereocenters. The zero-order chi connectivity index (χ0) is 11.5. The van der Waals surface area contributed by atoms with E-state index in [0.29, 0.717) is 0 Å². The molecule has 1 N–H and O–H groups in total. The van der Waals surface area contributed by atoms with Gasteiger partial charge < -0.3 is 5.32 Å². The van der Waals surface area contributed by atoms with Crippen molar-refractivity contribution in [1.82, 2.24) is 5.32 Å². The lowest BCUT2D eigenvalue weighted by molar-refractivity contribution is 0.627. The lowest BCUT2D eigenvalue weighted by Crippen LogP contribution is -2.03. The lowest BCUT2D eigenvalue weighted by Gasteiger charge is -2.00. The Hall–Kier alpha value is -1.19. The first-order valence-electron chi connectivity index (χ1n) is 5.18. The second-order valence-electron chi connectivity index (χ2n) is 3.87. The molecule has 0 spiro atoms. The fraction of sp³-hybridized carbons (Fsp3) is 0.231. The van der Waals surface area contributed by atoms with Crippen molar-refractivity contribution in [3.8, 4) is 10.4 Å². The van der Waals surface area contributed by atoms with Crippen LogP contribution in [0.15, 0.2) is 29.6 Å². The van der Waals surface area contributed by atoms with Crippen LogP contribution in [0.5, 0.6) is 0 Å². The number of benzene rings is 1. The van der Waals surface area contributed by atoms with Crippen LogP contribution in [-0.4, -0.2) is 7.05 Å². The highest BCUT2D eigenvalue weighted by molar-refractivity contribution is 7.13. The third-order valence-electron chi connectivity index (χ3n) is 2.36. The maximum atomic E-state index is 13.3. The first-order chi connectivity index (χ1) is 7.69. The van der Waals surface area contributed by atoms with Gasteiger partial charge in [0.2, 0.25) is 0 Å². The molecule has 0 bridgehead atoms. The molecule has 84 valence electrons. The van der Waals surface area contributed by atoms with E-state index in [2.05, 4.69) is 16.8 Å². The molecule has 1 heterocycles. The number of halogens is 1. The van der Waals surface area contributed by atoms with Gasteiger partial charge in [-0.1, -0.05) is 6.07 Å². The van der Waals surface area contributed by atoms with Gasteiger partial charge in [-0.2, -0.15) is 0 Å². The van der Waals surface area contributed by atoms with Gasteiger partial charge in [0.25, 0.3) is 0 Å². The molecule has 0 aliphatic carbocycles. The summed E-state index contributed by atoms with van der Waals surface area (Å²) in [7, 11) is 1.92. The third-order valence-corrected chi connectivity index (χ3v) is 3.39. The molecule has 0 saturated heterocycles. The van der Waals surface area contributed by atoms with Crippen molar-refractivity contribution < 1.29 is 4.39 Å². The van der Waals surface area contributed by atoms with E-state index in [-0.39, 0.29) is 5.82 Å². The second kappa shape index (κ2) is 4.76. The van der Waals surface area contributed by atoms with Crippen LogP contribution in [0.1, 0.15) is 11.1 Å². The Balaban J connectivity index is 2.34. The molecular formula is C13H14FNS. The molecule has 0 saturated carbocycles. The quantitative estimate of drug-likeness (QED) is 0.857. The molecule has 2 rings (SSSR count). The zero-order valence-electron chi connectivity index (χ0n) is 9.38. The van der Waals surface area contributed by atoms with Crippen LogP contribution >= 0.6 is 11.3 Å². The largest absolute Gasteiger partial charge is 0.316 e. The maximum absolute atomic E-state index is 13.3. The number of thiophene rings is 1. The van der Waals surface area contributed by atoms with Gasteiger partial charge in [-0.3, -0.25) is 0 Å². The third kappa shape index (κ3) is 2.49. The highest BCUT2D eigenvalue weighted by Gasteiger charge is 2.04. The molecule has 0 aliphatic rings. The van der Waals surface area contributed by atoms with Crippen molar-refractivity contribution in [2.75, 3.05) is 7.05 Å². The highest BCUT2D eigenvalue weighted by Crippen LogP contribution is 2.28. The van der Waals surface area contributed by atoms with Crippen LogP contribution in [-0.2, 0) is 6.54 Å². The van der Waals surface area contributed by atoms with Crippen molar-refractivity contribution in [2.45, 2.75) is 13.5 Å². The predicted molar refractivity (Wildman–Crippen MR) is 67.2 cm³/mol. The van der Waals surface area contributed by atoms with Crippen molar-refractivity contribution >= 4 is 11.3 Å². The lowest BCUT2D eigenvalue weighted by atomic mass is 10.1. The minimum Gasteiger partial charge on any atom is -0.316 e. The molecule has 0 amide bonds. The molecule has 2 aromatic rings. The first-order valence-corrected chi connectivity index (χ1v) is 6.06. The van der Waals surface area contributed by atoms with Crippen LogP contribution in [0.25, 0.3) is 10.4 Å². The minimum atomic E-state index is -0.168. The molecule has 0 fully saturated rings. The Morgan fingerprint density at radius 1 is 1.25 bits per heavy atom. The average molecular weight is 235 g/mol. The summed E-state index contributed by atoms with van der Waals surface area (Å²) in [5, 5.41) is 5.21. The summed E-state index contributed by atoms with van der Waals surface area (Å²) in [6.07, 6.45) is 0. The van der Waals surface area contributed by atoms with E-state index in [1.165, 1.54) is 5.56 Å². The molecule has 1 aromatic heterocycles. The average Bonchev–Trinajstić information content (AvgIpc) is 2.65. The monoisotopic (exact) mass is 235 g/mol. The fourth-order valence-corrected chi connectivity index (χ4v) is 2.61. The Kier molecular flexibility index (Phi) is 3.36. The SMILES string of the molecule is CNCc1csc(-c2cc(C)cc(F)c2)c1. The van der Waals surface area contributed by atoms with E-state index >= 15 is 0 Å². The molecule has 16 heavy (non-hydrogen) atoms. The highest BCUT2D eigenvalue weighted by atomic mass is 32.1. The van der Waals surface area contributed by atoms with E-state index in [1.54, 1.807) is 23.5 Å². The molecule has 0 aliphatic heterocycles. The number of aryl methyl sites for hydroxylation is 1. The summed E-state index contributed by atoms with van der Waals surface area (Å²) in [4.78, 5) is 1.12. The van der Waals surface area contributed by atoms with Crippen LogP contribution in [0.4, 0.5) is 4.39 Å². The number of hydrogen-bond acceptors (Lipinski definition) is 2. The van der Waals surface area contributed by atoms with Crippen LogP contribution in [0.3, 0.4) is 0 Å². The summed E-state index contributed by atoms with van der Waals surface area (Å²) in [5.74, 6) is -0.168. The molecule has 3 heteroatoms. The fourth-order valence-electron chi connectivity index (χ4n) is 1.70. The number of nitrogens with one attached hydrogen (secondary N) is 1. The smallest absolute Gasteiger partial charge is 0.124 e. The van der Waals surface area contributed by atoms with Gasteiger partial charge in [0.1, 0.15) is 5.82 Å². The summed E-state index contributed by atoms with van der Waals surface area (Å²) in [5.41, 5.74) is 3.16. The summed E-state index contributed by atoms with van der Waals surface area (Å²) >= 11 is 1.65. The summed E-state index contributed by atoms with van der Waals surface area (Å²) < 4.78 is 13.3. The Bertz CT molecular complexity index is 470. The van der Waals surface area contributed by atoms with Crippen LogP contribution < -0.4 is 5.32 Å². The van der Waals surface area contributed by atoms with Crippen molar-refractivity contribution in [3.05, 3.63) is 46.6 Å². The molecule has 1 aromatic carbocycles. The van der Waals surface area contributed by atoms with Crippen LogP contribution in [0, 0.1) is 12.7 Å². The van der Waals surface area contributed by atoms with E-state index in [9.17, 15) is 4.39 Å². The van der Waals surface area contributed by atoms with E-state index in [1.807, 2.05) is 20.0 Å². The predicted octanol–water partition coefficient (Wildman–Crippen LogP) is 3.58. The van der Waals surface area contributed by atoms with E-state index in [4.69, 9.17) is 0 Å². The van der Waals surface area contributed by atoms with E-state index in [0.717, 1.165) is 22.5 Å². The van der Waals surface area contributed by atoms with Crippen LogP contribution in [0.2, 0.25) is 0 Å². The van der Waals surface area contributed by atoms with Crippen molar-refractivity contribution in [2.24, 2.45) is 0 Å². The van der Waals surface area contributed by atoms with Gasteiger partial charge in [0, 0.05) is 11.4 Å². The van der Waals surface area contributed by atoms with Gasteiger partial charge in [-0.05, 0) is 54.2 Å².